The summed E-state index contributed by atoms with van der Waals surface area (Å²) < 4.78 is 2.90. The van der Waals surface area contributed by atoms with Crippen LogP contribution in [0.5, 0.6) is 0 Å². The van der Waals surface area contributed by atoms with Gasteiger partial charge >= 0.3 is 5.69 Å². The van der Waals surface area contributed by atoms with Crippen molar-refractivity contribution in [1.82, 2.24) is 14.3 Å². The molecule has 0 bridgehead atoms. The van der Waals surface area contributed by atoms with Crippen LogP contribution in [0.1, 0.15) is 89.9 Å². The van der Waals surface area contributed by atoms with Gasteiger partial charge in [-0.2, -0.15) is 5.10 Å². The molecule has 2 fully saturated rings. The molecule has 0 aromatic carbocycles. The molecule has 146 valence electrons. The maximum Gasteiger partial charge on any atom is 0.347 e. The van der Waals surface area contributed by atoms with Gasteiger partial charge in [0.15, 0.2) is 0 Å². The zero-order chi connectivity index (χ0) is 18.2. The topological polar surface area (TPSA) is 56.9 Å². The van der Waals surface area contributed by atoms with E-state index in [1.54, 1.807) is 0 Å². The molecule has 2 aliphatic rings. The molecule has 0 atom stereocenters. The third kappa shape index (κ3) is 5.55. The molecule has 2 saturated carbocycles. The predicted octanol–water partition coefficient (Wildman–Crippen LogP) is 4.13. The van der Waals surface area contributed by atoms with Gasteiger partial charge in [-0.05, 0) is 37.5 Å². The molecular formula is C21H35N3O2. The third-order valence-electron chi connectivity index (χ3n) is 6.45. The molecule has 3 rings (SSSR count). The van der Waals surface area contributed by atoms with E-state index in [9.17, 15) is 9.59 Å². The van der Waals surface area contributed by atoms with E-state index < -0.39 is 0 Å². The number of aryl methyl sites for hydroxylation is 1. The lowest BCUT2D eigenvalue weighted by Crippen LogP contribution is -2.41. The average molecular weight is 362 g/mol. The van der Waals surface area contributed by atoms with Crippen molar-refractivity contribution in [3.63, 3.8) is 0 Å². The first-order chi connectivity index (χ1) is 12.7. The Morgan fingerprint density at radius 3 is 1.92 bits per heavy atom. The lowest BCUT2D eigenvalue weighted by atomic mass is 9.86. The standard InChI is InChI=1S/C21H35N3O2/c25-20-17-22-24(16-8-14-19-11-5-2-6-12-19)21(26)23(20)15-7-13-18-9-3-1-4-10-18/h17-19H,1-16H2. The molecule has 5 heteroatoms. The second kappa shape index (κ2) is 10.1. The first-order valence-electron chi connectivity index (χ1n) is 10.9. The van der Waals surface area contributed by atoms with Gasteiger partial charge in [0.25, 0.3) is 5.56 Å². The maximum atomic E-state index is 12.6. The van der Waals surface area contributed by atoms with Crippen molar-refractivity contribution in [3.05, 3.63) is 27.0 Å². The third-order valence-corrected chi connectivity index (χ3v) is 6.45. The minimum absolute atomic E-state index is 0.218. The van der Waals surface area contributed by atoms with Gasteiger partial charge in [-0.1, -0.05) is 64.2 Å². The second-order valence-corrected chi connectivity index (χ2v) is 8.43. The lowest BCUT2D eigenvalue weighted by Gasteiger charge is -2.21. The number of nitrogens with zero attached hydrogens (tertiary/aromatic N) is 3. The minimum atomic E-state index is -0.248. The van der Waals surface area contributed by atoms with Crippen molar-refractivity contribution in [2.24, 2.45) is 11.8 Å². The van der Waals surface area contributed by atoms with E-state index in [0.717, 1.165) is 31.1 Å². The molecule has 0 radical (unpaired) electrons. The van der Waals surface area contributed by atoms with Crippen molar-refractivity contribution >= 4 is 0 Å². The smallest absolute Gasteiger partial charge is 0.267 e. The second-order valence-electron chi connectivity index (χ2n) is 8.43. The Labute approximate surface area is 156 Å². The Kier molecular flexibility index (Phi) is 7.51. The van der Waals surface area contributed by atoms with E-state index >= 15 is 0 Å². The summed E-state index contributed by atoms with van der Waals surface area (Å²) in [7, 11) is 0. The van der Waals surface area contributed by atoms with Gasteiger partial charge in [-0.25, -0.2) is 9.48 Å². The quantitative estimate of drug-likeness (QED) is 0.699. The Bertz CT molecular complexity index is 652. The van der Waals surface area contributed by atoms with E-state index in [1.807, 2.05) is 0 Å². The molecule has 0 N–H and O–H groups in total. The first-order valence-corrected chi connectivity index (χ1v) is 10.9. The molecule has 0 aliphatic heterocycles. The summed E-state index contributed by atoms with van der Waals surface area (Å²) in [5.74, 6) is 1.61. The average Bonchev–Trinajstić information content (AvgIpc) is 2.68. The van der Waals surface area contributed by atoms with Crippen LogP contribution in [0.25, 0.3) is 0 Å². The van der Waals surface area contributed by atoms with Gasteiger partial charge in [0.05, 0.1) is 0 Å². The van der Waals surface area contributed by atoms with Crippen LogP contribution < -0.4 is 11.2 Å². The van der Waals surface area contributed by atoms with Crippen LogP contribution in [-0.2, 0) is 13.1 Å². The molecule has 0 amide bonds. The highest BCUT2D eigenvalue weighted by molar-refractivity contribution is 4.77. The van der Waals surface area contributed by atoms with Crippen molar-refractivity contribution in [2.75, 3.05) is 0 Å². The molecule has 2 aliphatic carbocycles. The fourth-order valence-corrected chi connectivity index (χ4v) is 4.85. The molecule has 1 heterocycles. The summed E-state index contributed by atoms with van der Waals surface area (Å²) in [6, 6.07) is 0. The highest BCUT2D eigenvalue weighted by atomic mass is 16.2. The van der Waals surface area contributed by atoms with E-state index in [4.69, 9.17) is 0 Å². The number of hydrogen-bond acceptors (Lipinski definition) is 3. The molecule has 0 spiro atoms. The molecule has 26 heavy (non-hydrogen) atoms. The predicted molar refractivity (Wildman–Crippen MR) is 104 cm³/mol. The minimum Gasteiger partial charge on any atom is -0.267 e. The molecule has 1 aromatic heterocycles. The van der Waals surface area contributed by atoms with Crippen LogP contribution in [0.4, 0.5) is 0 Å². The van der Waals surface area contributed by atoms with Crippen molar-refractivity contribution in [3.8, 4) is 0 Å². The number of hydrogen-bond donors (Lipinski definition) is 0. The largest absolute Gasteiger partial charge is 0.347 e. The van der Waals surface area contributed by atoms with Crippen LogP contribution in [0.2, 0.25) is 0 Å². The Hall–Kier alpha value is -1.39. The summed E-state index contributed by atoms with van der Waals surface area (Å²) in [5, 5.41) is 4.09. The SMILES string of the molecule is O=c1cnn(CCCC2CCCCC2)c(=O)n1CCCC1CCCCC1. The maximum absolute atomic E-state index is 12.6. The van der Waals surface area contributed by atoms with Crippen molar-refractivity contribution in [2.45, 2.75) is 103 Å². The fraction of sp³-hybridized carbons (Fsp3) is 0.857. The van der Waals surface area contributed by atoms with Gasteiger partial charge in [0, 0.05) is 13.1 Å². The van der Waals surface area contributed by atoms with Crippen LogP contribution in [0, 0.1) is 11.8 Å². The monoisotopic (exact) mass is 361 g/mol. The summed E-state index contributed by atoms with van der Waals surface area (Å²) >= 11 is 0. The van der Waals surface area contributed by atoms with Crippen LogP contribution in [0.15, 0.2) is 15.8 Å². The molecule has 5 nitrogen and oxygen atoms in total. The Morgan fingerprint density at radius 1 is 0.808 bits per heavy atom. The Balaban J connectivity index is 1.50. The summed E-state index contributed by atoms with van der Waals surface area (Å²) in [4.78, 5) is 24.7. The lowest BCUT2D eigenvalue weighted by molar-refractivity contribution is 0.316. The van der Waals surface area contributed by atoms with Gasteiger partial charge in [0.1, 0.15) is 6.20 Å². The van der Waals surface area contributed by atoms with Crippen LogP contribution in [0.3, 0.4) is 0 Å². The summed E-state index contributed by atoms with van der Waals surface area (Å²) in [5.41, 5.74) is -0.466. The molecule has 0 unspecified atom stereocenters. The highest BCUT2D eigenvalue weighted by Gasteiger charge is 2.15. The highest BCUT2D eigenvalue weighted by Crippen LogP contribution is 2.28. The number of aromatic nitrogens is 3. The van der Waals surface area contributed by atoms with Gasteiger partial charge < -0.3 is 0 Å². The van der Waals surface area contributed by atoms with E-state index in [2.05, 4.69) is 5.10 Å². The zero-order valence-electron chi connectivity index (χ0n) is 16.2. The van der Waals surface area contributed by atoms with Crippen molar-refractivity contribution < 1.29 is 0 Å². The zero-order valence-corrected chi connectivity index (χ0v) is 16.2. The van der Waals surface area contributed by atoms with E-state index in [1.165, 1.54) is 86.1 Å². The van der Waals surface area contributed by atoms with E-state index in [0.29, 0.717) is 13.1 Å². The Morgan fingerprint density at radius 2 is 1.35 bits per heavy atom. The van der Waals surface area contributed by atoms with Crippen molar-refractivity contribution in [1.29, 1.82) is 0 Å². The van der Waals surface area contributed by atoms with Crippen LogP contribution >= 0.6 is 0 Å². The summed E-state index contributed by atoms with van der Waals surface area (Å²) in [6.45, 7) is 1.18. The van der Waals surface area contributed by atoms with Gasteiger partial charge in [-0.3, -0.25) is 9.36 Å². The first kappa shape index (κ1) is 19.4. The molecule has 1 aromatic rings. The molecular weight excluding hydrogens is 326 g/mol. The fourth-order valence-electron chi connectivity index (χ4n) is 4.85. The normalized spacial score (nSPS) is 19.7. The van der Waals surface area contributed by atoms with Crippen LogP contribution in [-0.4, -0.2) is 14.3 Å². The van der Waals surface area contributed by atoms with Gasteiger partial charge in [-0.15, -0.1) is 0 Å². The van der Waals surface area contributed by atoms with Gasteiger partial charge in [0.2, 0.25) is 0 Å². The van der Waals surface area contributed by atoms with E-state index in [-0.39, 0.29) is 11.2 Å². The summed E-state index contributed by atoms with van der Waals surface area (Å²) in [6.07, 6.45) is 19.0. The molecule has 0 saturated heterocycles. The number of rotatable bonds is 8.